The maximum absolute atomic E-state index is 12.4. The highest BCUT2D eigenvalue weighted by Crippen LogP contribution is 2.68. The molecule has 1 fully saturated rings. The van der Waals surface area contributed by atoms with E-state index >= 15 is 0 Å². The van der Waals surface area contributed by atoms with E-state index in [4.69, 9.17) is 0 Å². The van der Waals surface area contributed by atoms with Gasteiger partial charge >= 0.3 is 5.91 Å². The van der Waals surface area contributed by atoms with E-state index in [1.165, 1.54) is 0 Å². The number of carbonyl (C=O) groups excluding carboxylic acids is 1. The number of rotatable bonds is 1. The summed E-state index contributed by atoms with van der Waals surface area (Å²) in [5.74, 6) is 1.35. The molecule has 0 saturated heterocycles. The number of nitrogens with zero attached hydrogens (tertiary/aromatic N) is 2. The van der Waals surface area contributed by atoms with E-state index in [9.17, 15) is 4.79 Å². The Hall–Kier alpha value is -1.12. The number of hydrogen-bond donors (Lipinski definition) is 0. The SMILES string of the molecule is Cc1n(C(=O)C2C(C)(C)C2(C)C)cc[n+]1C. The maximum atomic E-state index is 12.4. The van der Waals surface area contributed by atoms with Crippen LogP contribution in [0.15, 0.2) is 12.4 Å². The highest BCUT2D eigenvalue weighted by atomic mass is 16.2. The molecule has 1 aromatic heterocycles. The molecule has 0 unspecified atom stereocenters. The lowest BCUT2D eigenvalue weighted by atomic mass is 10.0. The number of carbonyl (C=O) groups is 1. The standard InChI is InChI=1S/C13H21N2O/c1-9-14(6)7-8-15(9)11(16)10-12(2,3)13(10,4)5/h7-8,10H,1-6H3/q+1. The minimum Gasteiger partial charge on any atom is -0.246 e. The third-order valence-electron chi connectivity index (χ3n) is 4.80. The topological polar surface area (TPSA) is 25.9 Å². The molecule has 0 spiro atoms. The number of hydrogen-bond acceptors (Lipinski definition) is 1. The molecular formula is C13H21N2O+. The van der Waals surface area contributed by atoms with Crippen molar-refractivity contribution in [2.75, 3.05) is 0 Å². The van der Waals surface area contributed by atoms with Gasteiger partial charge in [-0.3, -0.25) is 0 Å². The second-order valence-corrected chi connectivity index (χ2v) is 6.04. The molecule has 0 bridgehead atoms. The molecule has 0 radical (unpaired) electrons. The molecule has 0 N–H and O–H groups in total. The summed E-state index contributed by atoms with van der Waals surface area (Å²) >= 11 is 0. The Morgan fingerprint density at radius 2 is 1.81 bits per heavy atom. The molecule has 0 amide bonds. The lowest BCUT2D eigenvalue weighted by Gasteiger charge is -2.03. The summed E-state index contributed by atoms with van der Waals surface area (Å²) in [6.45, 7) is 10.7. The molecule has 2 rings (SSSR count). The minimum absolute atomic E-state index is 0.110. The first-order chi connectivity index (χ1) is 7.21. The van der Waals surface area contributed by atoms with Gasteiger partial charge in [0.15, 0.2) is 0 Å². The van der Waals surface area contributed by atoms with Gasteiger partial charge in [0.25, 0.3) is 5.82 Å². The highest BCUT2D eigenvalue weighted by Gasteiger charge is 2.70. The van der Waals surface area contributed by atoms with Crippen LogP contribution in [-0.4, -0.2) is 10.5 Å². The Bertz CT molecular complexity index is 440. The lowest BCUT2D eigenvalue weighted by molar-refractivity contribution is -0.676. The first-order valence-corrected chi connectivity index (χ1v) is 5.79. The van der Waals surface area contributed by atoms with Crippen LogP contribution in [0, 0.1) is 23.7 Å². The summed E-state index contributed by atoms with van der Waals surface area (Å²) in [6.07, 6.45) is 3.79. The van der Waals surface area contributed by atoms with Gasteiger partial charge in [-0.05, 0) is 10.8 Å². The number of aromatic nitrogens is 2. The minimum atomic E-state index is 0.110. The van der Waals surface area contributed by atoms with Crippen molar-refractivity contribution in [2.24, 2.45) is 23.8 Å². The van der Waals surface area contributed by atoms with Crippen LogP contribution in [-0.2, 0) is 7.05 Å². The van der Waals surface area contributed by atoms with E-state index in [1.807, 2.05) is 30.9 Å². The van der Waals surface area contributed by atoms with Crippen molar-refractivity contribution in [3.8, 4) is 0 Å². The van der Waals surface area contributed by atoms with Crippen molar-refractivity contribution in [3.63, 3.8) is 0 Å². The predicted molar refractivity (Wildman–Crippen MR) is 62.0 cm³/mol. The van der Waals surface area contributed by atoms with Gasteiger partial charge in [-0.1, -0.05) is 27.7 Å². The van der Waals surface area contributed by atoms with Crippen molar-refractivity contribution in [2.45, 2.75) is 34.6 Å². The summed E-state index contributed by atoms with van der Waals surface area (Å²) in [7, 11) is 1.96. The summed E-state index contributed by atoms with van der Waals surface area (Å²) in [4.78, 5) is 12.4. The molecule has 0 atom stereocenters. The molecule has 1 aliphatic rings. The zero-order valence-corrected chi connectivity index (χ0v) is 11.0. The lowest BCUT2D eigenvalue weighted by Crippen LogP contribution is -2.31. The van der Waals surface area contributed by atoms with Crippen LogP contribution in [0.25, 0.3) is 0 Å². The van der Waals surface area contributed by atoms with Crippen LogP contribution in [0.1, 0.15) is 38.3 Å². The molecule has 3 nitrogen and oxygen atoms in total. The molecule has 0 aromatic carbocycles. The van der Waals surface area contributed by atoms with Gasteiger partial charge < -0.3 is 0 Å². The van der Waals surface area contributed by atoms with E-state index in [0.717, 1.165) is 5.82 Å². The fraction of sp³-hybridized carbons (Fsp3) is 0.692. The van der Waals surface area contributed by atoms with Crippen molar-refractivity contribution in [3.05, 3.63) is 18.2 Å². The molecule has 16 heavy (non-hydrogen) atoms. The van der Waals surface area contributed by atoms with Gasteiger partial charge in [-0.25, -0.2) is 9.36 Å². The normalized spacial score (nSPS) is 22.1. The Kier molecular flexibility index (Phi) is 2.10. The van der Waals surface area contributed by atoms with Crippen LogP contribution in [0.2, 0.25) is 0 Å². The van der Waals surface area contributed by atoms with Crippen molar-refractivity contribution < 1.29 is 9.36 Å². The molecule has 1 aromatic rings. The first kappa shape index (κ1) is 11.4. The van der Waals surface area contributed by atoms with Crippen molar-refractivity contribution >= 4 is 5.91 Å². The summed E-state index contributed by atoms with van der Waals surface area (Å²) in [6, 6.07) is 0. The largest absolute Gasteiger partial charge is 0.318 e. The average Bonchev–Trinajstić information content (AvgIpc) is 2.40. The average molecular weight is 221 g/mol. The Balaban J connectivity index is 2.33. The molecule has 1 heterocycles. The van der Waals surface area contributed by atoms with E-state index in [1.54, 1.807) is 4.57 Å². The summed E-state index contributed by atoms with van der Waals surface area (Å²) in [5.41, 5.74) is 0.221. The quantitative estimate of drug-likeness (QED) is 0.666. The van der Waals surface area contributed by atoms with Gasteiger partial charge in [0.05, 0.1) is 13.0 Å². The second kappa shape index (κ2) is 2.96. The summed E-state index contributed by atoms with van der Waals surface area (Å²) in [5, 5.41) is 0. The van der Waals surface area contributed by atoms with Gasteiger partial charge in [0, 0.05) is 6.92 Å². The van der Waals surface area contributed by atoms with E-state index < -0.39 is 0 Å². The molecule has 88 valence electrons. The fourth-order valence-electron chi connectivity index (χ4n) is 2.74. The zero-order valence-electron chi connectivity index (χ0n) is 11.0. The molecule has 1 aliphatic carbocycles. The Morgan fingerprint density at radius 3 is 2.12 bits per heavy atom. The smallest absolute Gasteiger partial charge is 0.246 e. The second-order valence-electron chi connectivity index (χ2n) is 6.04. The van der Waals surface area contributed by atoms with E-state index in [2.05, 4.69) is 27.7 Å². The third kappa shape index (κ3) is 1.20. The van der Waals surface area contributed by atoms with Crippen LogP contribution in [0.5, 0.6) is 0 Å². The molecule has 0 aliphatic heterocycles. The van der Waals surface area contributed by atoms with Gasteiger partial charge in [-0.2, -0.15) is 4.57 Å². The number of aryl methyl sites for hydroxylation is 1. The summed E-state index contributed by atoms with van der Waals surface area (Å²) < 4.78 is 3.75. The van der Waals surface area contributed by atoms with Crippen LogP contribution in [0.4, 0.5) is 0 Å². The monoisotopic (exact) mass is 221 g/mol. The van der Waals surface area contributed by atoms with Crippen LogP contribution in [0.3, 0.4) is 0 Å². The maximum Gasteiger partial charge on any atom is 0.318 e. The van der Waals surface area contributed by atoms with Crippen molar-refractivity contribution in [1.82, 2.24) is 4.57 Å². The number of imidazole rings is 1. The van der Waals surface area contributed by atoms with E-state index in [0.29, 0.717) is 0 Å². The fourth-order valence-corrected chi connectivity index (χ4v) is 2.74. The van der Waals surface area contributed by atoms with Crippen LogP contribution >= 0.6 is 0 Å². The van der Waals surface area contributed by atoms with Crippen LogP contribution < -0.4 is 4.57 Å². The predicted octanol–water partition coefficient (Wildman–Crippen LogP) is 1.94. The van der Waals surface area contributed by atoms with Gasteiger partial charge in [0.2, 0.25) is 0 Å². The Morgan fingerprint density at radius 1 is 1.31 bits per heavy atom. The molecule has 3 heteroatoms. The molecule has 1 saturated carbocycles. The van der Waals surface area contributed by atoms with E-state index in [-0.39, 0.29) is 22.7 Å². The van der Waals surface area contributed by atoms with Gasteiger partial charge in [-0.15, -0.1) is 0 Å². The van der Waals surface area contributed by atoms with Crippen molar-refractivity contribution in [1.29, 1.82) is 0 Å². The molecular weight excluding hydrogens is 200 g/mol. The highest BCUT2D eigenvalue weighted by molar-refractivity contribution is 5.86. The zero-order chi connectivity index (χ0) is 12.3. The first-order valence-electron chi connectivity index (χ1n) is 5.79. The third-order valence-corrected chi connectivity index (χ3v) is 4.80. The van der Waals surface area contributed by atoms with Gasteiger partial charge in [0.1, 0.15) is 12.4 Å². The Labute approximate surface area is 97.1 Å².